The standard InChI is InChI=1S/C15H10Br2O/c16-13-8-11(9-14(17)10-13)6-7-15(18)12-4-2-1-3-5-12/h1-10H/b7-6-. The van der Waals surface area contributed by atoms with Gasteiger partial charge in [0.2, 0.25) is 0 Å². The van der Waals surface area contributed by atoms with Crippen LogP contribution in [0.2, 0.25) is 0 Å². The first-order valence-electron chi connectivity index (χ1n) is 5.39. The summed E-state index contributed by atoms with van der Waals surface area (Å²) in [6, 6.07) is 15.1. The first kappa shape index (κ1) is 13.2. The van der Waals surface area contributed by atoms with Crippen LogP contribution in [0.3, 0.4) is 0 Å². The lowest BCUT2D eigenvalue weighted by Crippen LogP contribution is -1.92. The highest BCUT2D eigenvalue weighted by Crippen LogP contribution is 2.21. The summed E-state index contributed by atoms with van der Waals surface area (Å²) in [5, 5.41) is 0. The van der Waals surface area contributed by atoms with E-state index in [-0.39, 0.29) is 5.78 Å². The third-order valence-electron chi connectivity index (χ3n) is 2.37. The zero-order valence-electron chi connectivity index (χ0n) is 9.44. The Morgan fingerprint density at radius 2 is 1.56 bits per heavy atom. The van der Waals surface area contributed by atoms with E-state index in [9.17, 15) is 4.79 Å². The lowest BCUT2D eigenvalue weighted by molar-refractivity contribution is 0.104. The normalized spacial score (nSPS) is 10.8. The molecular formula is C15H10Br2O. The number of allylic oxidation sites excluding steroid dienone is 1. The van der Waals surface area contributed by atoms with Gasteiger partial charge in [-0.05, 0) is 29.8 Å². The first-order chi connectivity index (χ1) is 8.65. The monoisotopic (exact) mass is 364 g/mol. The minimum Gasteiger partial charge on any atom is -0.289 e. The molecule has 2 rings (SSSR count). The van der Waals surface area contributed by atoms with Crippen molar-refractivity contribution in [2.75, 3.05) is 0 Å². The molecule has 18 heavy (non-hydrogen) atoms. The van der Waals surface area contributed by atoms with Crippen molar-refractivity contribution in [3.63, 3.8) is 0 Å². The van der Waals surface area contributed by atoms with Gasteiger partial charge in [-0.25, -0.2) is 0 Å². The molecule has 0 aliphatic carbocycles. The summed E-state index contributed by atoms with van der Waals surface area (Å²) in [6.07, 6.45) is 3.40. The fourth-order valence-electron chi connectivity index (χ4n) is 1.54. The Morgan fingerprint density at radius 3 is 2.17 bits per heavy atom. The maximum absolute atomic E-state index is 11.9. The fraction of sp³-hybridized carbons (Fsp3) is 0. The van der Waals surface area contributed by atoms with Crippen LogP contribution in [0.25, 0.3) is 6.08 Å². The Labute approximate surface area is 123 Å². The van der Waals surface area contributed by atoms with Crippen molar-refractivity contribution in [2.45, 2.75) is 0 Å². The smallest absolute Gasteiger partial charge is 0.185 e. The van der Waals surface area contributed by atoms with Gasteiger partial charge in [0.15, 0.2) is 5.78 Å². The Morgan fingerprint density at radius 1 is 0.944 bits per heavy atom. The van der Waals surface area contributed by atoms with Gasteiger partial charge in [-0.15, -0.1) is 0 Å². The number of carbonyl (C=O) groups excluding carboxylic acids is 1. The van der Waals surface area contributed by atoms with E-state index in [1.165, 1.54) is 0 Å². The van der Waals surface area contributed by atoms with Crippen LogP contribution in [0.5, 0.6) is 0 Å². The summed E-state index contributed by atoms with van der Waals surface area (Å²) in [5.41, 5.74) is 1.67. The lowest BCUT2D eigenvalue weighted by Gasteiger charge is -1.98. The molecule has 0 aliphatic rings. The third-order valence-corrected chi connectivity index (χ3v) is 3.29. The Hall–Kier alpha value is -1.19. The van der Waals surface area contributed by atoms with E-state index in [0.717, 1.165) is 14.5 Å². The van der Waals surface area contributed by atoms with Crippen LogP contribution < -0.4 is 0 Å². The van der Waals surface area contributed by atoms with Crippen LogP contribution in [0, 0.1) is 0 Å². The van der Waals surface area contributed by atoms with Crippen LogP contribution >= 0.6 is 31.9 Å². The molecule has 0 N–H and O–H groups in total. The highest BCUT2D eigenvalue weighted by atomic mass is 79.9. The Balaban J connectivity index is 2.18. The van der Waals surface area contributed by atoms with E-state index in [2.05, 4.69) is 31.9 Å². The molecule has 0 saturated heterocycles. The van der Waals surface area contributed by atoms with E-state index in [1.54, 1.807) is 6.08 Å². The minimum absolute atomic E-state index is 0.00620. The number of hydrogen-bond acceptors (Lipinski definition) is 1. The maximum atomic E-state index is 11.9. The Bertz CT molecular complexity index is 568. The van der Waals surface area contributed by atoms with Crippen molar-refractivity contribution in [3.05, 3.63) is 74.7 Å². The van der Waals surface area contributed by atoms with Crippen molar-refractivity contribution in [3.8, 4) is 0 Å². The summed E-state index contributed by atoms with van der Waals surface area (Å²) in [7, 11) is 0. The van der Waals surface area contributed by atoms with Crippen molar-refractivity contribution in [1.82, 2.24) is 0 Å². The molecule has 2 aromatic carbocycles. The van der Waals surface area contributed by atoms with Gasteiger partial charge in [-0.1, -0.05) is 68.3 Å². The molecule has 0 fully saturated rings. The van der Waals surface area contributed by atoms with Gasteiger partial charge in [-0.2, -0.15) is 0 Å². The third kappa shape index (κ3) is 3.65. The number of benzene rings is 2. The molecule has 0 aromatic heterocycles. The predicted molar refractivity (Wildman–Crippen MR) is 81.6 cm³/mol. The second-order valence-electron chi connectivity index (χ2n) is 3.77. The van der Waals surface area contributed by atoms with Crippen molar-refractivity contribution in [2.24, 2.45) is 0 Å². The highest BCUT2D eigenvalue weighted by Gasteiger charge is 2.00. The zero-order valence-corrected chi connectivity index (χ0v) is 12.6. The molecule has 0 unspecified atom stereocenters. The number of carbonyl (C=O) groups is 1. The van der Waals surface area contributed by atoms with E-state index in [0.29, 0.717) is 5.56 Å². The number of rotatable bonds is 3. The van der Waals surface area contributed by atoms with Gasteiger partial charge >= 0.3 is 0 Å². The molecule has 0 radical (unpaired) electrons. The van der Waals surface area contributed by atoms with Crippen molar-refractivity contribution in [1.29, 1.82) is 0 Å². The van der Waals surface area contributed by atoms with Gasteiger partial charge in [0.05, 0.1) is 0 Å². The number of hydrogen-bond donors (Lipinski definition) is 0. The molecule has 0 saturated carbocycles. The Kier molecular flexibility index (Phi) is 4.50. The quantitative estimate of drug-likeness (QED) is 0.545. The fourth-order valence-corrected chi connectivity index (χ4v) is 2.87. The molecule has 0 amide bonds. The molecule has 1 nitrogen and oxygen atoms in total. The second kappa shape index (κ2) is 6.12. The first-order valence-corrected chi connectivity index (χ1v) is 6.97. The predicted octanol–water partition coefficient (Wildman–Crippen LogP) is 5.11. The summed E-state index contributed by atoms with van der Waals surface area (Å²) in [4.78, 5) is 11.9. The van der Waals surface area contributed by atoms with Gasteiger partial charge in [0.25, 0.3) is 0 Å². The molecule has 2 aromatic rings. The molecule has 3 heteroatoms. The van der Waals surface area contributed by atoms with E-state index in [1.807, 2.05) is 54.6 Å². The minimum atomic E-state index is 0.00620. The average Bonchev–Trinajstić information content (AvgIpc) is 2.36. The van der Waals surface area contributed by atoms with Gasteiger partial charge < -0.3 is 0 Å². The molecule has 0 spiro atoms. The maximum Gasteiger partial charge on any atom is 0.185 e. The van der Waals surface area contributed by atoms with Crippen LogP contribution in [-0.2, 0) is 0 Å². The van der Waals surface area contributed by atoms with E-state index in [4.69, 9.17) is 0 Å². The largest absolute Gasteiger partial charge is 0.289 e. The summed E-state index contributed by atoms with van der Waals surface area (Å²) in [6.45, 7) is 0. The molecule has 0 atom stereocenters. The second-order valence-corrected chi connectivity index (χ2v) is 5.60. The molecule has 0 aliphatic heterocycles. The van der Waals surface area contributed by atoms with Crippen LogP contribution in [0.1, 0.15) is 15.9 Å². The van der Waals surface area contributed by atoms with Gasteiger partial charge in [0, 0.05) is 14.5 Å². The molecule has 0 heterocycles. The van der Waals surface area contributed by atoms with Gasteiger partial charge in [0.1, 0.15) is 0 Å². The zero-order chi connectivity index (χ0) is 13.0. The highest BCUT2D eigenvalue weighted by molar-refractivity contribution is 9.11. The number of halogens is 2. The van der Waals surface area contributed by atoms with E-state index < -0.39 is 0 Å². The van der Waals surface area contributed by atoms with Crippen molar-refractivity contribution < 1.29 is 4.79 Å². The van der Waals surface area contributed by atoms with E-state index >= 15 is 0 Å². The van der Waals surface area contributed by atoms with Crippen LogP contribution in [0.4, 0.5) is 0 Å². The van der Waals surface area contributed by atoms with Gasteiger partial charge in [-0.3, -0.25) is 4.79 Å². The molecular weight excluding hydrogens is 356 g/mol. The van der Waals surface area contributed by atoms with Crippen LogP contribution in [-0.4, -0.2) is 5.78 Å². The van der Waals surface area contributed by atoms with Crippen molar-refractivity contribution >= 4 is 43.7 Å². The SMILES string of the molecule is O=C(/C=C\c1cc(Br)cc(Br)c1)c1ccccc1. The molecule has 0 bridgehead atoms. The number of ketones is 1. The summed E-state index contributed by atoms with van der Waals surface area (Å²) in [5.74, 6) is 0.00620. The van der Waals surface area contributed by atoms with Crippen LogP contribution in [0.15, 0.2) is 63.6 Å². The summed E-state index contributed by atoms with van der Waals surface area (Å²) < 4.78 is 1.95. The topological polar surface area (TPSA) is 17.1 Å². The molecule has 90 valence electrons. The average molecular weight is 366 g/mol. The lowest BCUT2D eigenvalue weighted by atomic mass is 10.1. The summed E-state index contributed by atoms with van der Waals surface area (Å²) >= 11 is 6.83.